The van der Waals surface area contributed by atoms with Crippen LogP contribution < -0.4 is 4.74 Å². The molecule has 3 rings (SSSR count). The van der Waals surface area contributed by atoms with Crippen LogP contribution in [0.2, 0.25) is 0 Å². The van der Waals surface area contributed by atoms with Crippen molar-refractivity contribution in [1.29, 1.82) is 0 Å². The van der Waals surface area contributed by atoms with Gasteiger partial charge < -0.3 is 14.3 Å². The van der Waals surface area contributed by atoms with Crippen LogP contribution in [-0.4, -0.2) is 39.0 Å². The lowest BCUT2D eigenvalue weighted by Crippen LogP contribution is -2.30. The molecule has 2 aromatic rings. The molecular weight excluding hydrogens is 318 g/mol. The van der Waals surface area contributed by atoms with Gasteiger partial charge in [-0.15, -0.1) is 0 Å². The van der Waals surface area contributed by atoms with Crippen LogP contribution in [0.15, 0.2) is 35.5 Å². The molecule has 1 fully saturated rings. The minimum absolute atomic E-state index is 0.326. The second-order valence-electron chi connectivity index (χ2n) is 6.63. The van der Waals surface area contributed by atoms with Gasteiger partial charge in [-0.1, -0.05) is 12.7 Å². The lowest BCUT2D eigenvalue weighted by molar-refractivity contribution is 0.0991. The summed E-state index contributed by atoms with van der Waals surface area (Å²) in [6, 6.07) is 3.97. The summed E-state index contributed by atoms with van der Waals surface area (Å²) >= 11 is 0. The molecule has 25 heavy (non-hydrogen) atoms. The van der Waals surface area contributed by atoms with Crippen LogP contribution in [0.4, 0.5) is 0 Å². The third-order valence-corrected chi connectivity index (χ3v) is 4.85. The van der Waals surface area contributed by atoms with Crippen molar-refractivity contribution in [3.63, 3.8) is 0 Å². The standard InChI is InChI=1S/C19H27N3O3/c1-4-10-25-19-16(14(2)20-21(19)3)13-22-9-5-7-15(22)12-17(23)18-8-6-11-24-18/h4,6,8,11,15,17,23H,1,5,7,9-10,12-13H2,2-3H3. The Balaban J connectivity index is 1.70. The van der Waals surface area contributed by atoms with Gasteiger partial charge in [0.1, 0.15) is 18.5 Å². The Morgan fingerprint density at radius 1 is 1.56 bits per heavy atom. The first-order valence-electron chi connectivity index (χ1n) is 8.81. The highest BCUT2D eigenvalue weighted by molar-refractivity contribution is 5.31. The molecule has 6 heteroatoms. The van der Waals surface area contributed by atoms with Crippen LogP contribution in [0.25, 0.3) is 0 Å². The molecule has 0 aliphatic carbocycles. The van der Waals surface area contributed by atoms with E-state index in [1.807, 2.05) is 26.1 Å². The Kier molecular flexibility index (Phi) is 5.60. The number of aryl methyl sites for hydroxylation is 2. The largest absolute Gasteiger partial charge is 0.473 e. The van der Waals surface area contributed by atoms with Crippen molar-refractivity contribution >= 4 is 0 Å². The Morgan fingerprint density at radius 2 is 2.40 bits per heavy atom. The van der Waals surface area contributed by atoms with E-state index in [-0.39, 0.29) is 0 Å². The molecule has 0 radical (unpaired) electrons. The normalized spacial score (nSPS) is 19.2. The third-order valence-electron chi connectivity index (χ3n) is 4.85. The van der Waals surface area contributed by atoms with Crippen molar-refractivity contribution in [2.75, 3.05) is 13.2 Å². The number of aromatic nitrogens is 2. The van der Waals surface area contributed by atoms with E-state index >= 15 is 0 Å². The van der Waals surface area contributed by atoms with Crippen LogP contribution in [0.1, 0.15) is 42.4 Å². The molecule has 0 amide bonds. The average molecular weight is 345 g/mol. The van der Waals surface area contributed by atoms with Gasteiger partial charge in [-0.25, -0.2) is 4.68 Å². The maximum Gasteiger partial charge on any atom is 0.216 e. The lowest BCUT2D eigenvalue weighted by atomic mass is 10.0. The molecule has 1 aliphatic heterocycles. The highest BCUT2D eigenvalue weighted by atomic mass is 16.5. The summed E-state index contributed by atoms with van der Waals surface area (Å²) in [6.07, 6.45) is 5.68. The van der Waals surface area contributed by atoms with Gasteiger partial charge in [-0.3, -0.25) is 4.90 Å². The lowest BCUT2D eigenvalue weighted by Gasteiger charge is -2.26. The van der Waals surface area contributed by atoms with Gasteiger partial charge in [0.25, 0.3) is 0 Å². The number of hydrogen-bond acceptors (Lipinski definition) is 5. The molecule has 2 aromatic heterocycles. The number of aliphatic hydroxyl groups excluding tert-OH is 1. The molecular formula is C19H27N3O3. The Bertz CT molecular complexity index is 693. The monoisotopic (exact) mass is 345 g/mol. The average Bonchev–Trinajstić information content (AvgIpc) is 3.30. The van der Waals surface area contributed by atoms with Crippen molar-refractivity contribution in [2.24, 2.45) is 7.05 Å². The van der Waals surface area contributed by atoms with Gasteiger partial charge in [0.05, 0.1) is 17.5 Å². The molecule has 0 saturated carbocycles. The van der Waals surface area contributed by atoms with E-state index in [2.05, 4.69) is 16.6 Å². The van der Waals surface area contributed by atoms with E-state index in [0.717, 1.165) is 43.1 Å². The fourth-order valence-corrected chi connectivity index (χ4v) is 3.61. The molecule has 1 aliphatic rings. The predicted octanol–water partition coefficient (Wildman–Crippen LogP) is 2.97. The van der Waals surface area contributed by atoms with Gasteiger partial charge in [0.2, 0.25) is 5.88 Å². The van der Waals surface area contributed by atoms with E-state index in [1.165, 1.54) is 0 Å². The highest BCUT2D eigenvalue weighted by Gasteiger charge is 2.30. The van der Waals surface area contributed by atoms with Crippen LogP contribution in [0.5, 0.6) is 5.88 Å². The number of likely N-dealkylation sites (tertiary alicyclic amines) is 1. The number of hydrogen-bond donors (Lipinski definition) is 1. The molecule has 0 bridgehead atoms. The van der Waals surface area contributed by atoms with Crippen molar-refractivity contribution in [1.82, 2.24) is 14.7 Å². The molecule has 6 nitrogen and oxygen atoms in total. The number of rotatable bonds is 8. The Labute approximate surface area is 148 Å². The molecule has 2 unspecified atom stereocenters. The highest BCUT2D eigenvalue weighted by Crippen LogP contribution is 2.31. The first kappa shape index (κ1) is 17.8. The Morgan fingerprint density at radius 3 is 3.12 bits per heavy atom. The number of nitrogens with zero attached hydrogens (tertiary/aromatic N) is 3. The fourth-order valence-electron chi connectivity index (χ4n) is 3.61. The van der Waals surface area contributed by atoms with Crippen molar-refractivity contribution < 1.29 is 14.3 Å². The summed E-state index contributed by atoms with van der Waals surface area (Å²) in [4.78, 5) is 2.41. The van der Waals surface area contributed by atoms with Gasteiger partial charge in [-0.05, 0) is 44.9 Å². The van der Waals surface area contributed by atoms with Crippen molar-refractivity contribution in [3.8, 4) is 5.88 Å². The minimum atomic E-state index is -0.563. The Hall–Kier alpha value is -2.05. The fraction of sp³-hybridized carbons (Fsp3) is 0.526. The topological polar surface area (TPSA) is 63.7 Å². The van der Waals surface area contributed by atoms with Crippen LogP contribution in [-0.2, 0) is 13.6 Å². The van der Waals surface area contributed by atoms with Gasteiger partial charge in [0, 0.05) is 19.6 Å². The molecule has 1 saturated heterocycles. The number of ether oxygens (including phenoxy) is 1. The summed E-state index contributed by atoms with van der Waals surface area (Å²) in [6.45, 7) is 7.99. The second-order valence-corrected chi connectivity index (χ2v) is 6.63. The molecule has 3 heterocycles. The van der Waals surface area contributed by atoms with E-state index in [1.54, 1.807) is 17.0 Å². The summed E-state index contributed by atoms with van der Waals surface area (Å²) in [5.74, 6) is 1.44. The van der Waals surface area contributed by atoms with Gasteiger partial charge in [-0.2, -0.15) is 5.10 Å². The third kappa shape index (κ3) is 3.96. The van der Waals surface area contributed by atoms with Crippen LogP contribution >= 0.6 is 0 Å². The molecule has 0 spiro atoms. The summed E-state index contributed by atoms with van der Waals surface area (Å²) in [5, 5.41) is 14.9. The zero-order valence-corrected chi connectivity index (χ0v) is 15.0. The van der Waals surface area contributed by atoms with Crippen LogP contribution in [0, 0.1) is 6.92 Å². The molecule has 136 valence electrons. The number of furan rings is 1. The zero-order valence-electron chi connectivity index (χ0n) is 15.0. The van der Waals surface area contributed by atoms with Gasteiger partial charge >= 0.3 is 0 Å². The summed E-state index contributed by atoms with van der Waals surface area (Å²) < 4.78 is 12.9. The summed E-state index contributed by atoms with van der Waals surface area (Å²) in [7, 11) is 1.90. The smallest absolute Gasteiger partial charge is 0.216 e. The SMILES string of the molecule is C=CCOc1c(CN2CCCC2CC(O)c2ccco2)c(C)nn1C. The van der Waals surface area contributed by atoms with Crippen molar-refractivity contribution in [3.05, 3.63) is 48.1 Å². The maximum absolute atomic E-state index is 10.4. The summed E-state index contributed by atoms with van der Waals surface area (Å²) in [5.41, 5.74) is 2.10. The molecule has 2 atom stereocenters. The molecule has 1 N–H and O–H groups in total. The van der Waals surface area contributed by atoms with E-state index < -0.39 is 6.10 Å². The quantitative estimate of drug-likeness (QED) is 0.745. The van der Waals surface area contributed by atoms with Crippen LogP contribution in [0.3, 0.4) is 0 Å². The first-order chi connectivity index (χ1) is 12.1. The van der Waals surface area contributed by atoms with Crippen molar-refractivity contribution in [2.45, 2.75) is 44.9 Å². The predicted molar refractivity (Wildman–Crippen MR) is 95.4 cm³/mol. The minimum Gasteiger partial charge on any atom is -0.473 e. The second kappa shape index (κ2) is 7.89. The van der Waals surface area contributed by atoms with Gasteiger partial charge in [0.15, 0.2) is 0 Å². The number of aliphatic hydroxyl groups is 1. The van der Waals surface area contributed by atoms with E-state index in [0.29, 0.717) is 24.8 Å². The molecule has 0 aromatic carbocycles. The van der Waals surface area contributed by atoms with E-state index in [4.69, 9.17) is 9.15 Å². The maximum atomic E-state index is 10.4. The van der Waals surface area contributed by atoms with E-state index in [9.17, 15) is 5.11 Å². The zero-order chi connectivity index (χ0) is 17.8. The first-order valence-corrected chi connectivity index (χ1v) is 8.81.